The van der Waals surface area contributed by atoms with Gasteiger partial charge in [0.1, 0.15) is 0 Å². The lowest BCUT2D eigenvalue weighted by Gasteiger charge is -2.22. The monoisotopic (exact) mass is 395 g/mol. The lowest BCUT2D eigenvalue weighted by Crippen LogP contribution is -2.38. The Hall–Kier alpha value is -0.860. The molecule has 0 heterocycles. The first kappa shape index (κ1) is 21.2. The molecule has 1 rings (SSSR count). The fraction of sp³-hybridized carbons (Fsp3) is 0.533. The first-order chi connectivity index (χ1) is 11.1. The molecule has 6 nitrogen and oxygen atoms in total. The molecule has 0 bridgehead atoms. The molecule has 1 aromatic rings. The minimum absolute atomic E-state index is 0.0406. The zero-order chi connectivity index (χ0) is 18.3. The number of carbonyl (C=O) groups is 1. The van der Waals surface area contributed by atoms with Crippen LogP contribution in [0.5, 0.6) is 0 Å². The summed E-state index contributed by atoms with van der Waals surface area (Å²) < 4.78 is 26.9. The maximum atomic E-state index is 12.2. The van der Waals surface area contributed by atoms with Crippen LogP contribution >= 0.6 is 23.2 Å². The predicted octanol–water partition coefficient (Wildman–Crippen LogP) is 2.07. The highest BCUT2D eigenvalue weighted by Crippen LogP contribution is 2.24. The van der Waals surface area contributed by atoms with Crippen LogP contribution < -0.4 is 4.72 Å². The molecule has 0 aliphatic rings. The quantitative estimate of drug-likeness (QED) is 0.694. The fourth-order valence-corrected chi connectivity index (χ4v) is 3.46. The molecule has 0 saturated carbocycles. The Morgan fingerprint density at radius 2 is 1.79 bits per heavy atom. The molecule has 136 valence electrons. The summed E-state index contributed by atoms with van der Waals surface area (Å²) in [5.41, 5.74) is 0. The molecule has 1 aromatic carbocycles. The Labute approximate surface area is 153 Å². The fourth-order valence-electron chi connectivity index (χ4n) is 2.05. The summed E-state index contributed by atoms with van der Waals surface area (Å²) in [5, 5.41) is 0.466. The molecular formula is C15H23Cl2N3O3S. The van der Waals surface area contributed by atoms with Gasteiger partial charge >= 0.3 is 0 Å². The SMILES string of the molecule is CC(=O)N(CCCN(C)C)CCNS(=O)(=O)c1ccc(Cl)c(Cl)c1. The van der Waals surface area contributed by atoms with E-state index in [1.807, 2.05) is 19.0 Å². The lowest BCUT2D eigenvalue weighted by atomic mass is 10.3. The van der Waals surface area contributed by atoms with Crippen LogP contribution in [0.3, 0.4) is 0 Å². The first-order valence-electron chi connectivity index (χ1n) is 7.48. The third-order valence-electron chi connectivity index (χ3n) is 3.35. The number of sulfonamides is 1. The number of benzene rings is 1. The number of halogens is 2. The topological polar surface area (TPSA) is 69.7 Å². The van der Waals surface area contributed by atoms with Crippen LogP contribution in [0.2, 0.25) is 10.0 Å². The largest absolute Gasteiger partial charge is 0.342 e. The summed E-state index contributed by atoms with van der Waals surface area (Å²) in [7, 11) is 0.229. The van der Waals surface area contributed by atoms with Gasteiger partial charge < -0.3 is 9.80 Å². The number of nitrogens with zero attached hydrogens (tertiary/aromatic N) is 2. The zero-order valence-electron chi connectivity index (χ0n) is 14.1. The Bertz CT molecular complexity index is 666. The van der Waals surface area contributed by atoms with Crippen LogP contribution in [0.15, 0.2) is 23.1 Å². The van der Waals surface area contributed by atoms with Gasteiger partial charge in [-0.3, -0.25) is 4.79 Å². The molecule has 0 atom stereocenters. The Morgan fingerprint density at radius 3 is 2.33 bits per heavy atom. The van der Waals surface area contributed by atoms with Crippen LogP contribution in [0.4, 0.5) is 0 Å². The molecule has 0 aromatic heterocycles. The second-order valence-electron chi connectivity index (χ2n) is 5.64. The van der Waals surface area contributed by atoms with E-state index in [1.165, 1.54) is 25.1 Å². The number of nitrogens with one attached hydrogen (secondary N) is 1. The summed E-state index contributed by atoms with van der Waals surface area (Å²) >= 11 is 11.6. The number of carbonyl (C=O) groups excluding carboxylic acids is 1. The highest BCUT2D eigenvalue weighted by molar-refractivity contribution is 7.89. The molecule has 9 heteroatoms. The van der Waals surface area contributed by atoms with Crippen molar-refractivity contribution in [1.82, 2.24) is 14.5 Å². The van der Waals surface area contributed by atoms with E-state index in [0.29, 0.717) is 18.1 Å². The molecule has 0 aliphatic carbocycles. The highest BCUT2D eigenvalue weighted by atomic mass is 35.5. The van der Waals surface area contributed by atoms with E-state index in [4.69, 9.17) is 23.2 Å². The number of hydrogen-bond donors (Lipinski definition) is 1. The van der Waals surface area contributed by atoms with Gasteiger partial charge in [-0.2, -0.15) is 0 Å². The third kappa shape index (κ3) is 6.94. The van der Waals surface area contributed by atoms with Crippen molar-refractivity contribution in [2.75, 3.05) is 40.3 Å². The molecule has 1 amide bonds. The smallest absolute Gasteiger partial charge is 0.240 e. The Kier molecular flexibility index (Phi) is 8.45. The van der Waals surface area contributed by atoms with Crippen molar-refractivity contribution in [3.8, 4) is 0 Å². The maximum absolute atomic E-state index is 12.2. The molecule has 0 aliphatic heterocycles. The second-order valence-corrected chi connectivity index (χ2v) is 8.22. The number of amides is 1. The van der Waals surface area contributed by atoms with Gasteiger partial charge in [0.2, 0.25) is 15.9 Å². The summed E-state index contributed by atoms with van der Waals surface area (Å²) in [5.74, 6) is -0.0810. The summed E-state index contributed by atoms with van der Waals surface area (Å²) in [6.07, 6.45) is 0.826. The lowest BCUT2D eigenvalue weighted by molar-refractivity contribution is -0.128. The predicted molar refractivity (Wildman–Crippen MR) is 97.1 cm³/mol. The van der Waals surface area contributed by atoms with Crippen molar-refractivity contribution in [3.05, 3.63) is 28.2 Å². The van der Waals surface area contributed by atoms with E-state index in [1.54, 1.807) is 4.90 Å². The van der Waals surface area contributed by atoms with Gasteiger partial charge in [-0.1, -0.05) is 23.2 Å². The van der Waals surface area contributed by atoms with E-state index < -0.39 is 10.0 Å². The summed E-state index contributed by atoms with van der Waals surface area (Å²) in [4.78, 5) is 15.3. The molecule has 0 spiro atoms. The van der Waals surface area contributed by atoms with Gasteiger partial charge in [-0.15, -0.1) is 0 Å². The summed E-state index contributed by atoms with van der Waals surface area (Å²) in [6.45, 7) is 3.36. The zero-order valence-corrected chi connectivity index (χ0v) is 16.4. The molecule has 0 saturated heterocycles. The minimum atomic E-state index is -3.69. The maximum Gasteiger partial charge on any atom is 0.240 e. The first-order valence-corrected chi connectivity index (χ1v) is 9.72. The van der Waals surface area contributed by atoms with E-state index in [-0.39, 0.29) is 22.4 Å². The van der Waals surface area contributed by atoms with Crippen LogP contribution in [0.25, 0.3) is 0 Å². The van der Waals surface area contributed by atoms with Crippen LogP contribution in [0.1, 0.15) is 13.3 Å². The molecule has 0 unspecified atom stereocenters. The van der Waals surface area contributed by atoms with Crippen molar-refractivity contribution in [1.29, 1.82) is 0 Å². The molecular weight excluding hydrogens is 373 g/mol. The molecule has 1 N–H and O–H groups in total. The van der Waals surface area contributed by atoms with Gasteiger partial charge in [0.05, 0.1) is 14.9 Å². The van der Waals surface area contributed by atoms with Crippen LogP contribution in [-0.2, 0) is 14.8 Å². The average molecular weight is 396 g/mol. The van der Waals surface area contributed by atoms with Crippen LogP contribution in [-0.4, -0.2) is 64.4 Å². The van der Waals surface area contributed by atoms with E-state index in [0.717, 1.165) is 13.0 Å². The third-order valence-corrected chi connectivity index (χ3v) is 5.55. The number of rotatable bonds is 9. The van der Waals surface area contributed by atoms with Gasteiger partial charge in [0, 0.05) is 26.6 Å². The van der Waals surface area contributed by atoms with Crippen molar-refractivity contribution in [2.24, 2.45) is 0 Å². The van der Waals surface area contributed by atoms with E-state index in [9.17, 15) is 13.2 Å². The van der Waals surface area contributed by atoms with E-state index in [2.05, 4.69) is 4.72 Å². The van der Waals surface area contributed by atoms with Crippen molar-refractivity contribution < 1.29 is 13.2 Å². The van der Waals surface area contributed by atoms with Crippen LogP contribution in [0, 0.1) is 0 Å². The normalized spacial score (nSPS) is 11.8. The number of hydrogen-bond acceptors (Lipinski definition) is 4. The molecule has 0 radical (unpaired) electrons. The van der Waals surface area contributed by atoms with Gasteiger partial charge in [-0.05, 0) is 45.3 Å². The minimum Gasteiger partial charge on any atom is -0.342 e. The van der Waals surface area contributed by atoms with Crippen molar-refractivity contribution >= 4 is 39.1 Å². The van der Waals surface area contributed by atoms with Gasteiger partial charge in [0.25, 0.3) is 0 Å². The average Bonchev–Trinajstić information content (AvgIpc) is 2.47. The molecule has 0 fully saturated rings. The van der Waals surface area contributed by atoms with Gasteiger partial charge in [-0.25, -0.2) is 13.1 Å². The van der Waals surface area contributed by atoms with Crippen molar-refractivity contribution in [2.45, 2.75) is 18.2 Å². The van der Waals surface area contributed by atoms with Crippen molar-refractivity contribution in [3.63, 3.8) is 0 Å². The Balaban J connectivity index is 2.59. The highest BCUT2D eigenvalue weighted by Gasteiger charge is 2.16. The van der Waals surface area contributed by atoms with Gasteiger partial charge in [0.15, 0.2) is 0 Å². The summed E-state index contributed by atoms with van der Waals surface area (Å²) in [6, 6.07) is 4.12. The van der Waals surface area contributed by atoms with E-state index >= 15 is 0 Å². The molecule has 24 heavy (non-hydrogen) atoms. The second kappa shape index (κ2) is 9.58. The standard InChI is InChI=1S/C15H23Cl2N3O3S/c1-12(21)20(9-4-8-19(2)3)10-7-18-24(22,23)13-5-6-14(16)15(17)11-13/h5-6,11,18H,4,7-10H2,1-3H3. The Morgan fingerprint density at radius 1 is 1.12 bits per heavy atom.